The van der Waals surface area contributed by atoms with Crippen molar-refractivity contribution in [3.8, 4) is 0 Å². The van der Waals surface area contributed by atoms with Gasteiger partial charge in [0, 0.05) is 24.4 Å². The van der Waals surface area contributed by atoms with Gasteiger partial charge in [0.25, 0.3) is 0 Å². The number of nitrogen functional groups attached to an aromatic ring is 1. The Bertz CT molecular complexity index is 500. The van der Waals surface area contributed by atoms with Gasteiger partial charge >= 0.3 is 0 Å². The molecular formula is C16H22N2O2. The van der Waals surface area contributed by atoms with Crippen molar-refractivity contribution >= 4 is 11.6 Å². The number of benzene rings is 1. The van der Waals surface area contributed by atoms with Crippen LogP contribution in [-0.2, 0) is 14.9 Å². The average molecular weight is 274 g/mol. The van der Waals surface area contributed by atoms with E-state index in [1.807, 2.05) is 24.3 Å². The number of hydrogen-bond acceptors (Lipinski definition) is 3. The van der Waals surface area contributed by atoms with Gasteiger partial charge in [0.2, 0.25) is 5.91 Å². The van der Waals surface area contributed by atoms with Crippen molar-refractivity contribution < 1.29 is 9.53 Å². The van der Waals surface area contributed by atoms with Crippen LogP contribution >= 0.6 is 0 Å². The maximum atomic E-state index is 12.7. The van der Waals surface area contributed by atoms with Crippen LogP contribution in [0.1, 0.15) is 38.2 Å². The monoisotopic (exact) mass is 274 g/mol. The molecule has 1 aromatic rings. The lowest BCUT2D eigenvalue weighted by Gasteiger charge is -2.36. The second kappa shape index (κ2) is 4.77. The standard InChI is InChI=1S/C16H22N2O2/c1-15(8-10-20-11-9-15)18-14(19)16(6-7-16)12-2-4-13(17)5-3-12/h2-5H,6-11,17H2,1H3,(H,18,19). The fraction of sp³-hybridized carbons (Fsp3) is 0.562. The molecule has 1 heterocycles. The Kier molecular flexibility index (Phi) is 3.21. The molecule has 0 aromatic heterocycles. The number of rotatable bonds is 3. The first-order valence-corrected chi connectivity index (χ1v) is 7.31. The maximum absolute atomic E-state index is 12.7. The number of carbonyl (C=O) groups is 1. The molecule has 0 spiro atoms. The molecular weight excluding hydrogens is 252 g/mol. The van der Waals surface area contributed by atoms with Crippen molar-refractivity contribution in [3.05, 3.63) is 29.8 Å². The molecule has 0 radical (unpaired) electrons. The number of nitrogens with two attached hydrogens (primary N) is 1. The topological polar surface area (TPSA) is 64.4 Å². The van der Waals surface area contributed by atoms with Crippen LogP contribution in [0.5, 0.6) is 0 Å². The first kappa shape index (κ1) is 13.4. The van der Waals surface area contributed by atoms with Gasteiger partial charge in [-0.3, -0.25) is 4.79 Å². The zero-order valence-electron chi connectivity index (χ0n) is 11.9. The van der Waals surface area contributed by atoms with Gasteiger partial charge < -0.3 is 15.8 Å². The van der Waals surface area contributed by atoms with E-state index in [9.17, 15) is 4.79 Å². The highest BCUT2D eigenvalue weighted by Gasteiger charge is 2.52. The SMILES string of the molecule is CC1(NC(=O)C2(c3ccc(N)cc3)CC2)CCOCC1. The second-order valence-corrected chi connectivity index (χ2v) is 6.33. The largest absolute Gasteiger partial charge is 0.399 e. The van der Waals surface area contributed by atoms with Crippen LogP contribution < -0.4 is 11.1 Å². The average Bonchev–Trinajstić information content (AvgIpc) is 3.21. The molecule has 2 fully saturated rings. The van der Waals surface area contributed by atoms with Crippen LogP contribution in [0.25, 0.3) is 0 Å². The van der Waals surface area contributed by atoms with Crippen molar-refractivity contribution in [1.29, 1.82) is 0 Å². The van der Waals surface area contributed by atoms with E-state index in [1.54, 1.807) is 0 Å². The van der Waals surface area contributed by atoms with Gasteiger partial charge in [0.05, 0.1) is 5.41 Å². The van der Waals surface area contributed by atoms with E-state index < -0.39 is 0 Å². The van der Waals surface area contributed by atoms with Crippen LogP contribution in [0.15, 0.2) is 24.3 Å². The molecule has 1 saturated heterocycles. The summed E-state index contributed by atoms with van der Waals surface area (Å²) in [7, 11) is 0. The molecule has 0 bridgehead atoms. The Morgan fingerprint density at radius 1 is 1.15 bits per heavy atom. The van der Waals surface area contributed by atoms with E-state index in [0.717, 1.165) is 50.1 Å². The highest BCUT2D eigenvalue weighted by atomic mass is 16.5. The summed E-state index contributed by atoms with van der Waals surface area (Å²) in [5.74, 6) is 0.159. The van der Waals surface area contributed by atoms with Gasteiger partial charge in [0.1, 0.15) is 0 Å². The van der Waals surface area contributed by atoms with Crippen molar-refractivity contribution in [2.75, 3.05) is 18.9 Å². The number of ether oxygens (including phenoxy) is 1. The van der Waals surface area contributed by atoms with Gasteiger partial charge in [-0.15, -0.1) is 0 Å². The predicted molar refractivity (Wildman–Crippen MR) is 78.4 cm³/mol. The summed E-state index contributed by atoms with van der Waals surface area (Å²) >= 11 is 0. The molecule has 1 saturated carbocycles. The Hall–Kier alpha value is -1.55. The summed E-state index contributed by atoms with van der Waals surface area (Å²) in [5, 5.41) is 3.26. The molecule has 1 aliphatic heterocycles. The maximum Gasteiger partial charge on any atom is 0.231 e. The predicted octanol–water partition coefficient (Wildman–Crippen LogP) is 1.99. The molecule has 20 heavy (non-hydrogen) atoms. The van der Waals surface area contributed by atoms with E-state index in [4.69, 9.17) is 10.5 Å². The second-order valence-electron chi connectivity index (χ2n) is 6.33. The molecule has 3 rings (SSSR count). The molecule has 108 valence electrons. The van der Waals surface area contributed by atoms with E-state index in [-0.39, 0.29) is 16.9 Å². The molecule has 2 aliphatic rings. The van der Waals surface area contributed by atoms with Crippen molar-refractivity contribution in [2.45, 2.75) is 43.6 Å². The van der Waals surface area contributed by atoms with Gasteiger partial charge in [-0.1, -0.05) is 12.1 Å². The van der Waals surface area contributed by atoms with E-state index in [1.165, 1.54) is 0 Å². The molecule has 1 aliphatic carbocycles. The number of nitrogens with one attached hydrogen (secondary N) is 1. The van der Waals surface area contributed by atoms with Crippen LogP contribution in [0, 0.1) is 0 Å². The fourth-order valence-electron chi connectivity index (χ4n) is 2.91. The van der Waals surface area contributed by atoms with E-state index in [2.05, 4.69) is 12.2 Å². The zero-order valence-corrected chi connectivity index (χ0v) is 11.9. The Labute approximate surface area is 119 Å². The minimum Gasteiger partial charge on any atom is -0.399 e. The highest BCUT2D eigenvalue weighted by Crippen LogP contribution is 2.49. The van der Waals surface area contributed by atoms with Crippen LogP contribution in [0.4, 0.5) is 5.69 Å². The van der Waals surface area contributed by atoms with Crippen LogP contribution in [0.2, 0.25) is 0 Å². The van der Waals surface area contributed by atoms with Crippen molar-refractivity contribution in [1.82, 2.24) is 5.32 Å². The van der Waals surface area contributed by atoms with Crippen molar-refractivity contribution in [3.63, 3.8) is 0 Å². The van der Waals surface area contributed by atoms with Crippen molar-refractivity contribution in [2.24, 2.45) is 0 Å². The molecule has 4 nitrogen and oxygen atoms in total. The summed E-state index contributed by atoms with van der Waals surface area (Å²) in [5.41, 5.74) is 7.09. The summed E-state index contributed by atoms with van der Waals surface area (Å²) in [6.45, 7) is 3.57. The molecule has 4 heteroatoms. The number of amides is 1. The van der Waals surface area contributed by atoms with Crippen LogP contribution in [0.3, 0.4) is 0 Å². The van der Waals surface area contributed by atoms with Gasteiger partial charge in [-0.25, -0.2) is 0 Å². The number of anilines is 1. The molecule has 3 N–H and O–H groups in total. The van der Waals surface area contributed by atoms with E-state index >= 15 is 0 Å². The number of hydrogen-bond donors (Lipinski definition) is 2. The quantitative estimate of drug-likeness (QED) is 0.828. The minimum absolute atomic E-state index is 0.126. The van der Waals surface area contributed by atoms with E-state index in [0.29, 0.717) is 0 Å². The summed E-state index contributed by atoms with van der Waals surface area (Å²) in [4.78, 5) is 12.7. The summed E-state index contributed by atoms with van der Waals surface area (Å²) in [6, 6.07) is 7.71. The first-order chi connectivity index (χ1) is 9.54. The fourth-order valence-corrected chi connectivity index (χ4v) is 2.91. The zero-order chi connectivity index (χ0) is 14.2. The first-order valence-electron chi connectivity index (χ1n) is 7.31. The van der Waals surface area contributed by atoms with Gasteiger partial charge in [0.15, 0.2) is 0 Å². The third kappa shape index (κ3) is 2.40. The Balaban J connectivity index is 1.74. The third-order valence-electron chi connectivity index (χ3n) is 4.66. The highest BCUT2D eigenvalue weighted by molar-refractivity contribution is 5.91. The lowest BCUT2D eigenvalue weighted by atomic mass is 9.89. The molecule has 0 unspecified atom stereocenters. The molecule has 1 amide bonds. The number of carbonyl (C=O) groups excluding carboxylic acids is 1. The Morgan fingerprint density at radius 3 is 2.30 bits per heavy atom. The Morgan fingerprint density at radius 2 is 1.75 bits per heavy atom. The smallest absolute Gasteiger partial charge is 0.231 e. The summed E-state index contributed by atoms with van der Waals surface area (Å²) in [6.07, 6.45) is 3.62. The lowest BCUT2D eigenvalue weighted by Crippen LogP contribution is -2.52. The normalized spacial score (nSPS) is 23.1. The molecule has 0 atom stereocenters. The molecule has 1 aromatic carbocycles. The minimum atomic E-state index is -0.324. The van der Waals surface area contributed by atoms with Gasteiger partial charge in [-0.05, 0) is 50.3 Å². The van der Waals surface area contributed by atoms with Gasteiger partial charge in [-0.2, -0.15) is 0 Å². The lowest BCUT2D eigenvalue weighted by molar-refractivity contribution is -0.126. The van der Waals surface area contributed by atoms with Crippen LogP contribution in [-0.4, -0.2) is 24.7 Å². The third-order valence-corrected chi connectivity index (χ3v) is 4.66. The summed E-state index contributed by atoms with van der Waals surface area (Å²) < 4.78 is 5.38.